The Balaban J connectivity index is 1.82. The fraction of sp³-hybridized carbons (Fsp3) is 0.143. The van der Waals surface area contributed by atoms with Gasteiger partial charge in [-0.1, -0.05) is 23.8 Å². The van der Waals surface area contributed by atoms with Crippen LogP contribution in [0.15, 0.2) is 54.6 Å². The highest BCUT2D eigenvalue weighted by atomic mass is 32.1. The summed E-state index contributed by atoms with van der Waals surface area (Å²) in [6.07, 6.45) is 2.67. The zero-order chi connectivity index (χ0) is 24.6. The number of carbonyl (C=O) groups excluding carboxylic acids is 1. The molecule has 0 spiro atoms. The molecule has 6 heteroatoms. The maximum atomic E-state index is 13.6. The molecule has 0 saturated carbocycles. The summed E-state index contributed by atoms with van der Waals surface area (Å²) in [7, 11) is 0. The lowest BCUT2D eigenvalue weighted by Gasteiger charge is -2.13. The Kier molecular flexibility index (Phi) is 6.26. The number of thiophene rings is 1. The normalized spacial score (nSPS) is 11.3. The molecule has 4 rings (SSSR count). The standard InChI is InChI=1S/C28H24O5S/c1-15-5-7-22(16(2)11-15)26(32)28-27(23-8-6-19(29)14-24(23)34-28)33-20-12-17(3)21(18(4)13-20)9-10-25(30)31/h5-14,29H,1-4H3,(H,30,31)/b10-9+. The van der Waals surface area contributed by atoms with Crippen LogP contribution in [-0.2, 0) is 4.79 Å². The van der Waals surface area contributed by atoms with Crippen molar-refractivity contribution in [2.24, 2.45) is 0 Å². The minimum Gasteiger partial charge on any atom is -0.508 e. The van der Waals surface area contributed by atoms with Gasteiger partial charge in [-0.15, -0.1) is 11.3 Å². The van der Waals surface area contributed by atoms with Gasteiger partial charge in [0.05, 0.1) is 0 Å². The summed E-state index contributed by atoms with van der Waals surface area (Å²) < 4.78 is 7.07. The number of hydrogen-bond donors (Lipinski definition) is 2. The smallest absolute Gasteiger partial charge is 0.328 e. The first kappa shape index (κ1) is 23.3. The molecule has 34 heavy (non-hydrogen) atoms. The van der Waals surface area contributed by atoms with Gasteiger partial charge >= 0.3 is 5.97 Å². The summed E-state index contributed by atoms with van der Waals surface area (Å²) in [6, 6.07) is 14.3. The predicted octanol–water partition coefficient (Wildman–Crippen LogP) is 6.96. The number of rotatable bonds is 6. The Bertz CT molecular complexity index is 1450. The second-order valence-electron chi connectivity index (χ2n) is 8.33. The molecule has 172 valence electrons. The molecule has 2 N–H and O–H groups in total. The molecule has 3 aromatic carbocycles. The van der Waals surface area contributed by atoms with Crippen LogP contribution < -0.4 is 4.74 Å². The van der Waals surface area contributed by atoms with E-state index in [0.29, 0.717) is 21.9 Å². The number of aromatic hydroxyl groups is 1. The van der Waals surface area contributed by atoms with Crippen LogP contribution in [0.2, 0.25) is 0 Å². The van der Waals surface area contributed by atoms with E-state index in [1.165, 1.54) is 11.3 Å². The number of carboxylic acids is 1. The van der Waals surface area contributed by atoms with Crippen molar-refractivity contribution in [2.45, 2.75) is 27.7 Å². The van der Waals surface area contributed by atoms with Gasteiger partial charge in [-0.2, -0.15) is 0 Å². The Labute approximate surface area is 201 Å². The van der Waals surface area contributed by atoms with Gasteiger partial charge in [-0.25, -0.2) is 4.79 Å². The Morgan fingerprint density at radius 2 is 1.62 bits per heavy atom. The van der Waals surface area contributed by atoms with Gasteiger partial charge in [0.25, 0.3) is 0 Å². The van der Waals surface area contributed by atoms with E-state index in [1.807, 2.05) is 58.0 Å². The highest BCUT2D eigenvalue weighted by Crippen LogP contribution is 2.43. The number of fused-ring (bicyclic) bond motifs is 1. The molecule has 0 aliphatic heterocycles. The highest BCUT2D eigenvalue weighted by Gasteiger charge is 2.23. The van der Waals surface area contributed by atoms with E-state index in [4.69, 9.17) is 9.84 Å². The Morgan fingerprint density at radius 3 is 2.26 bits per heavy atom. The first-order valence-corrected chi connectivity index (χ1v) is 11.5. The minimum atomic E-state index is -1.01. The van der Waals surface area contributed by atoms with Crippen molar-refractivity contribution >= 4 is 39.3 Å². The number of carboxylic acid groups (broad SMARTS) is 1. The van der Waals surface area contributed by atoms with Crippen LogP contribution in [0.5, 0.6) is 17.2 Å². The highest BCUT2D eigenvalue weighted by molar-refractivity contribution is 7.21. The van der Waals surface area contributed by atoms with Gasteiger partial charge in [-0.3, -0.25) is 4.79 Å². The summed E-state index contributed by atoms with van der Waals surface area (Å²) in [5.74, 6) is -0.0427. The fourth-order valence-corrected chi connectivity index (χ4v) is 5.15. The number of aliphatic carboxylic acids is 1. The van der Waals surface area contributed by atoms with E-state index in [-0.39, 0.29) is 11.5 Å². The van der Waals surface area contributed by atoms with Crippen molar-refractivity contribution in [1.82, 2.24) is 0 Å². The van der Waals surface area contributed by atoms with Crippen molar-refractivity contribution in [1.29, 1.82) is 0 Å². The zero-order valence-corrected chi connectivity index (χ0v) is 20.1. The van der Waals surface area contributed by atoms with Crippen molar-refractivity contribution < 1.29 is 24.5 Å². The number of ether oxygens (including phenoxy) is 1. The summed E-state index contributed by atoms with van der Waals surface area (Å²) in [5.41, 5.74) is 5.08. The van der Waals surface area contributed by atoms with Gasteiger partial charge in [0.15, 0.2) is 5.75 Å². The Hall–Kier alpha value is -3.90. The molecule has 1 heterocycles. The minimum absolute atomic E-state index is 0.118. The second-order valence-corrected chi connectivity index (χ2v) is 9.38. The summed E-state index contributed by atoms with van der Waals surface area (Å²) >= 11 is 1.29. The van der Waals surface area contributed by atoms with E-state index < -0.39 is 5.97 Å². The monoisotopic (exact) mass is 472 g/mol. The zero-order valence-electron chi connectivity index (χ0n) is 19.3. The molecular weight excluding hydrogens is 448 g/mol. The number of hydrogen-bond acceptors (Lipinski definition) is 5. The first-order chi connectivity index (χ1) is 16.1. The number of carbonyl (C=O) groups is 2. The number of phenols is 1. The van der Waals surface area contributed by atoms with Crippen LogP contribution in [0.25, 0.3) is 16.2 Å². The SMILES string of the molecule is Cc1ccc(C(=O)c2sc3cc(O)ccc3c2Oc2cc(C)c(/C=C/C(=O)O)c(C)c2)c(C)c1. The van der Waals surface area contributed by atoms with Gasteiger partial charge in [-0.05, 0) is 86.4 Å². The molecular formula is C28H24O5S. The van der Waals surface area contributed by atoms with E-state index in [0.717, 1.165) is 44.0 Å². The molecule has 0 aliphatic carbocycles. The van der Waals surface area contributed by atoms with Crippen molar-refractivity contribution in [2.75, 3.05) is 0 Å². The predicted molar refractivity (Wildman–Crippen MR) is 135 cm³/mol. The third-order valence-corrected chi connectivity index (χ3v) is 6.77. The average molecular weight is 473 g/mol. The number of aryl methyl sites for hydroxylation is 4. The lowest BCUT2D eigenvalue weighted by molar-refractivity contribution is -0.131. The van der Waals surface area contributed by atoms with Gasteiger partial charge in [0, 0.05) is 21.7 Å². The summed E-state index contributed by atoms with van der Waals surface area (Å²) in [4.78, 5) is 25.0. The average Bonchev–Trinajstić information content (AvgIpc) is 3.09. The van der Waals surface area contributed by atoms with Gasteiger partial charge in [0.1, 0.15) is 16.4 Å². The maximum Gasteiger partial charge on any atom is 0.328 e. The molecule has 0 radical (unpaired) electrons. The third-order valence-electron chi connectivity index (χ3n) is 5.64. The van der Waals surface area contributed by atoms with Crippen LogP contribution in [0.3, 0.4) is 0 Å². The van der Waals surface area contributed by atoms with E-state index in [1.54, 1.807) is 24.3 Å². The van der Waals surface area contributed by atoms with Crippen molar-refractivity contribution in [3.05, 3.63) is 92.9 Å². The fourth-order valence-electron chi connectivity index (χ4n) is 4.03. The third kappa shape index (κ3) is 4.58. The topological polar surface area (TPSA) is 83.8 Å². The molecule has 0 aliphatic rings. The molecule has 0 bridgehead atoms. The van der Waals surface area contributed by atoms with Gasteiger partial charge < -0.3 is 14.9 Å². The van der Waals surface area contributed by atoms with Crippen LogP contribution in [-0.4, -0.2) is 22.0 Å². The maximum absolute atomic E-state index is 13.6. The second kappa shape index (κ2) is 9.15. The largest absolute Gasteiger partial charge is 0.508 e. The lowest BCUT2D eigenvalue weighted by atomic mass is 10.0. The van der Waals surface area contributed by atoms with E-state index in [2.05, 4.69) is 0 Å². The molecule has 0 fully saturated rings. The van der Waals surface area contributed by atoms with Crippen LogP contribution in [0.1, 0.15) is 43.1 Å². The molecule has 0 saturated heterocycles. The van der Waals surface area contributed by atoms with E-state index in [9.17, 15) is 14.7 Å². The molecule has 0 unspecified atom stereocenters. The molecule has 1 aromatic heterocycles. The van der Waals surface area contributed by atoms with Crippen LogP contribution >= 0.6 is 11.3 Å². The number of phenolic OH excluding ortho intramolecular Hbond substituents is 1. The van der Waals surface area contributed by atoms with Crippen LogP contribution in [0, 0.1) is 27.7 Å². The van der Waals surface area contributed by atoms with Crippen molar-refractivity contribution in [3.8, 4) is 17.2 Å². The molecule has 4 aromatic rings. The quantitative estimate of drug-likeness (QED) is 0.234. The lowest BCUT2D eigenvalue weighted by Crippen LogP contribution is -2.03. The summed E-state index contributed by atoms with van der Waals surface area (Å²) in [5, 5.41) is 19.7. The summed E-state index contributed by atoms with van der Waals surface area (Å²) in [6.45, 7) is 7.66. The number of ketones is 1. The molecule has 0 atom stereocenters. The first-order valence-electron chi connectivity index (χ1n) is 10.7. The van der Waals surface area contributed by atoms with Crippen LogP contribution in [0.4, 0.5) is 0 Å². The van der Waals surface area contributed by atoms with E-state index >= 15 is 0 Å². The molecule has 5 nitrogen and oxygen atoms in total. The van der Waals surface area contributed by atoms with Gasteiger partial charge in [0.2, 0.25) is 5.78 Å². The number of benzene rings is 3. The molecule has 0 amide bonds. The van der Waals surface area contributed by atoms with Crippen molar-refractivity contribution in [3.63, 3.8) is 0 Å². The Morgan fingerprint density at radius 1 is 0.912 bits per heavy atom.